The van der Waals surface area contributed by atoms with Crippen LogP contribution in [-0.2, 0) is 0 Å². The molecule has 2 aromatic carbocycles. The number of hydrogen-bond donors (Lipinski definition) is 0. The largest absolute Gasteiger partial charge is 0.461 e. The molecular weight excluding hydrogens is 376 g/mol. The summed E-state index contributed by atoms with van der Waals surface area (Å²) in [7, 11) is 0. The van der Waals surface area contributed by atoms with Crippen molar-refractivity contribution in [2.75, 3.05) is 0 Å². The Labute approximate surface area is 173 Å². The van der Waals surface area contributed by atoms with Crippen LogP contribution in [0.15, 0.2) is 76.3 Å². The van der Waals surface area contributed by atoms with Crippen molar-refractivity contribution in [3.8, 4) is 23.0 Å². The van der Waals surface area contributed by atoms with E-state index in [4.69, 9.17) is 9.40 Å². The van der Waals surface area contributed by atoms with Crippen LogP contribution < -0.4 is 5.56 Å². The van der Waals surface area contributed by atoms with Crippen LogP contribution in [0.4, 0.5) is 0 Å². The number of benzene rings is 2. The van der Waals surface area contributed by atoms with Crippen LogP contribution in [0.1, 0.15) is 16.7 Å². The second kappa shape index (κ2) is 6.84. The van der Waals surface area contributed by atoms with Crippen molar-refractivity contribution in [1.29, 1.82) is 0 Å². The summed E-state index contributed by atoms with van der Waals surface area (Å²) >= 11 is 0. The molecule has 0 radical (unpaired) electrons. The molecule has 3 aromatic heterocycles. The molecule has 0 amide bonds. The van der Waals surface area contributed by atoms with Gasteiger partial charge in [-0.15, -0.1) is 0 Å². The topological polar surface area (TPSA) is 65.8 Å². The van der Waals surface area contributed by atoms with Crippen LogP contribution in [0.2, 0.25) is 0 Å². The fraction of sp³-hybridized carbons (Fsp3) is 0.125. The van der Waals surface area contributed by atoms with Gasteiger partial charge in [0.25, 0.3) is 5.56 Å². The van der Waals surface area contributed by atoms with Crippen molar-refractivity contribution >= 4 is 11.0 Å². The first kappa shape index (κ1) is 18.1. The number of nitrogens with zero attached hydrogens (tertiary/aromatic N) is 4. The number of fused-ring (bicyclic) bond motifs is 1. The molecule has 0 fully saturated rings. The molecule has 0 atom stereocenters. The molecule has 5 rings (SSSR count). The highest BCUT2D eigenvalue weighted by molar-refractivity contribution is 5.78. The van der Waals surface area contributed by atoms with Crippen molar-refractivity contribution in [3.63, 3.8) is 0 Å². The maximum atomic E-state index is 13.5. The smallest absolute Gasteiger partial charge is 0.269 e. The maximum absolute atomic E-state index is 13.5. The molecule has 0 saturated carbocycles. The molecule has 3 heterocycles. The summed E-state index contributed by atoms with van der Waals surface area (Å²) in [6.07, 6.45) is 3.16. The molecule has 5 aromatic rings. The van der Waals surface area contributed by atoms with Gasteiger partial charge >= 0.3 is 0 Å². The second-order valence-electron chi connectivity index (χ2n) is 7.45. The molecule has 0 aliphatic rings. The summed E-state index contributed by atoms with van der Waals surface area (Å²) in [5.41, 5.74) is 5.35. The Morgan fingerprint density at radius 2 is 1.67 bits per heavy atom. The van der Waals surface area contributed by atoms with E-state index in [1.807, 2.05) is 49.4 Å². The van der Waals surface area contributed by atoms with Crippen molar-refractivity contribution < 1.29 is 4.42 Å². The van der Waals surface area contributed by atoms with Crippen molar-refractivity contribution in [3.05, 3.63) is 94.1 Å². The van der Waals surface area contributed by atoms with Gasteiger partial charge in [0.05, 0.1) is 23.8 Å². The minimum absolute atomic E-state index is 0.190. The lowest BCUT2D eigenvalue weighted by Crippen LogP contribution is -2.22. The van der Waals surface area contributed by atoms with Gasteiger partial charge in [0, 0.05) is 0 Å². The third-order valence-electron chi connectivity index (χ3n) is 5.37. The number of furan rings is 1. The van der Waals surface area contributed by atoms with Gasteiger partial charge in [-0.25, -0.2) is 9.67 Å². The Morgan fingerprint density at radius 3 is 2.37 bits per heavy atom. The molecule has 0 aliphatic heterocycles. The fourth-order valence-electron chi connectivity index (χ4n) is 3.52. The van der Waals surface area contributed by atoms with Crippen molar-refractivity contribution in [2.24, 2.45) is 0 Å². The van der Waals surface area contributed by atoms with Crippen LogP contribution in [-0.4, -0.2) is 19.3 Å². The molecular formula is C24H20N4O2. The summed E-state index contributed by atoms with van der Waals surface area (Å²) in [6, 6.07) is 17.4. The second-order valence-corrected chi connectivity index (χ2v) is 7.45. The average Bonchev–Trinajstić information content (AvgIpc) is 3.41. The van der Waals surface area contributed by atoms with E-state index in [0.717, 1.165) is 22.5 Å². The molecule has 6 nitrogen and oxygen atoms in total. The Hall–Kier alpha value is -3.93. The van der Waals surface area contributed by atoms with Gasteiger partial charge in [0.15, 0.2) is 17.2 Å². The van der Waals surface area contributed by atoms with Crippen LogP contribution >= 0.6 is 0 Å². The van der Waals surface area contributed by atoms with E-state index in [0.29, 0.717) is 22.6 Å². The molecule has 0 spiro atoms. The SMILES string of the molecule is Cc1ccc(-n2c(-c3ccco3)nc3c(cnn3-c3ccc(C)c(C)c3)c2=O)cc1. The molecule has 0 bridgehead atoms. The van der Waals surface area contributed by atoms with Gasteiger partial charge < -0.3 is 4.42 Å². The zero-order valence-electron chi connectivity index (χ0n) is 17.0. The van der Waals surface area contributed by atoms with Gasteiger partial charge in [-0.1, -0.05) is 23.8 Å². The third kappa shape index (κ3) is 2.85. The van der Waals surface area contributed by atoms with E-state index in [9.17, 15) is 4.79 Å². The van der Waals surface area contributed by atoms with Crippen LogP contribution in [0, 0.1) is 20.8 Å². The first-order valence-electron chi connectivity index (χ1n) is 9.72. The Morgan fingerprint density at radius 1 is 0.900 bits per heavy atom. The predicted molar refractivity (Wildman–Crippen MR) is 116 cm³/mol. The van der Waals surface area contributed by atoms with E-state index in [1.165, 1.54) is 5.56 Å². The van der Waals surface area contributed by atoms with Gasteiger partial charge in [-0.3, -0.25) is 9.36 Å². The molecule has 148 valence electrons. The van der Waals surface area contributed by atoms with E-state index in [-0.39, 0.29) is 5.56 Å². The zero-order chi connectivity index (χ0) is 20.8. The summed E-state index contributed by atoms with van der Waals surface area (Å²) in [6.45, 7) is 6.12. The van der Waals surface area contributed by atoms with Crippen LogP contribution in [0.25, 0.3) is 34.0 Å². The normalized spacial score (nSPS) is 11.3. The lowest BCUT2D eigenvalue weighted by Gasteiger charge is -2.12. The molecule has 0 saturated heterocycles. The quantitative estimate of drug-likeness (QED) is 0.441. The standard InChI is InChI=1S/C24H20N4O2/c1-15-6-9-18(10-7-15)27-23(21-5-4-12-30-21)26-22-20(24(27)29)14-25-28(22)19-11-8-16(2)17(3)13-19/h4-14H,1-3H3. The van der Waals surface area contributed by atoms with Gasteiger partial charge in [0.2, 0.25) is 0 Å². The minimum atomic E-state index is -0.190. The van der Waals surface area contributed by atoms with Crippen LogP contribution in [0.5, 0.6) is 0 Å². The summed E-state index contributed by atoms with van der Waals surface area (Å²) in [4.78, 5) is 18.4. The number of aryl methyl sites for hydroxylation is 3. The summed E-state index contributed by atoms with van der Waals surface area (Å²) < 4.78 is 8.89. The highest BCUT2D eigenvalue weighted by Crippen LogP contribution is 2.24. The highest BCUT2D eigenvalue weighted by atomic mass is 16.3. The number of hydrogen-bond acceptors (Lipinski definition) is 4. The van der Waals surface area contributed by atoms with Crippen molar-refractivity contribution in [1.82, 2.24) is 19.3 Å². The Kier molecular flexibility index (Phi) is 4.13. The van der Waals surface area contributed by atoms with Gasteiger partial charge in [-0.2, -0.15) is 5.10 Å². The van der Waals surface area contributed by atoms with E-state index >= 15 is 0 Å². The lowest BCUT2D eigenvalue weighted by atomic mass is 10.1. The van der Waals surface area contributed by atoms with Crippen molar-refractivity contribution in [2.45, 2.75) is 20.8 Å². The highest BCUT2D eigenvalue weighted by Gasteiger charge is 2.20. The van der Waals surface area contributed by atoms with Crippen LogP contribution in [0.3, 0.4) is 0 Å². The Balaban J connectivity index is 1.82. The maximum Gasteiger partial charge on any atom is 0.269 e. The predicted octanol–water partition coefficient (Wildman–Crippen LogP) is 4.76. The van der Waals surface area contributed by atoms with Gasteiger partial charge in [-0.05, 0) is 68.3 Å². The number of rotatable bonds is 3. The van der Waals surface area contributed by atoms with E-state index < -0.39 is 0 Å². The summed E-state index contributed by atoms with van der Waals surface area (Å²) in [5.74, 6) is 0.953. The summed E-state index contributed by atoms with van der Waals surface area (Å²) in [5, 5.41) is 4.93. The third-order valence-corrected chi connectivity index (χ3v) is 5.37. The molecule has 0 unspecified atom stereocenters. The lowest BCUT2D eigenvalue weighted by molar-refractivity contribution is 0.574. The van der Waals surface area contributed by atoms with Gasteiger partial charge in [0.1, 0.15) is 5.39 Å². The first-order chi connectivity index (χ1) is 14.5. The number of aromatic nitrogens is 4. The molecule has 6 heteroatoms. The first-order valence-corrected chi connectivity index (χ1v) is 9.72. The monoisotopic (exact) mass is 396 g/mol. The average molecular weight is 396 g/mol. The molecule has 0 aliphatic carbocycles. The minimum Gasteiger partial charge on any atom is -0.461 e. The fourth-order valence-corrected chi connectivity index (χ4v) is 3.52. The van der Waals surface area contributed by atoms with E-state index in [1.54, 1.807) is 33.8 Å². The van der Waals surface area contributed by atoms with E-state index in [2.05, 4.69) is 18.9 Å². The zero-order valence-corrected chi connectivity index (χ0v) is 17.0. The molecule has 30 heavy (non-hydrogen) atoms. The Bertz CT molecular complexity index is 1430. The molecule has 0 N–H and O–H groups in total.